The number of rotatable bonds is 7. The van der Waals surface area contributed by atoms with Crippen LogP contribution in [-0.4, -0.2) is 20.8 Å². The van der Waals surface area contributed by atoms with Gasteiger partial charge in [0.15, 0.2) is 11.5 Å². The second-order valence-electron chi connectivity index (χ2n) is 4.01. The summed E-state index contributed by atoms with van der Waals surface area (Å²) in [6.07, 6.45) is 3.00. The molecule has 0 amide bonds. The highest BCUT2D eigenvalue weighted by Crippen LogP contribution is 2.30. The Balaban J connectivity index is 0.00000289. The molecule has 0 aliphatic rings. The van der Waals surface area contributed by atoms with Crippen molar-refractivity contribution in [2.24, 2.45) is 11.5 Å². The lowest BCUT2D eigenvalue weighted by Crippen LogP contribution is -2.11. The van der Waals surface area contributed by atoms with E-state index in [0.29, 0.717) is 0 Å². The van der Waals surface area contributed by atoms with Crippen LogP contribution in [0.25, 0.3) is 0 Å². The summed E-state index contributed by atoms with van der Waals surface area (Å²) in [5.74, 6) is 1.45. The molecule has 1 aromatic rings. The lowest BCUT2D eigenvalue weighted by Gasteiger charge is -2.14. The van der Waals surface area contributed by atoms with Crippen molar-refractivity contribution < 1.29 is 9.47 Å². The van der Waals surface area contributed by atoms with Crippen molar-refractivity contribution in [3.8, 4) is 11.5 Å². The van der Waals surface area contributed by atoms with E-state index in [9.17, 15) is 0 Å². The van der Waals surface area contributed by atoms with Gasteiger partial charge in [0.2, 0.25) is 0 Å². The van der Waals surface area contributed by atoms with Gasteiger partial charge in [0.05, 0.1) is 14.2 Å². The highest BCUT2D eigenvalue weighted by atomic mass is 35.5. The largest absolute Gasteiger partial charge is 0.493 e. The van der Waals surface area contributed by atoms with E-state index in [-0.39, 0.29) is 18.4 Å². The van der Waals surface area contributed by atoms with E-state index in [4.69, 9.17) is 20.9 Å². The molecule has 0 fully saturated rings. The number of ether oxygens (including phenoxy) is 2. The van der Waals surface area contributed by atoms with E-state index in [2.05, 4.69) is 0 Å². The van der Waals surface area contributed by atoms with Crippen LogP contribution in [0.3, 0.4) is 0 Å². The maximum atomic E-state index is 6.11. The van der Waals surface area contributed by atoms with Gasteiger partial charge in [-0.2, -0.15) is 0 Å². The minimum atomic E-state index is 0. The van der Waals surface area contributed by atoms with Crippen molar-refractivity contribution in [2.45, 2.75) is 25.3 Å². The third-order valence-corrected chi connectivity index (χ3v) is 2.81. The first kappa shape index (κ1) is 17.0. The molecule has 4 nitrogen and oxygen atoms in total. The van der Waals surface area contributed by atoms with Crippen LogP contribution in [0, 0.1) is 0 Å². The zero-order valence-electron chi connectivity index (χ0n) is 11.0. The van der Waals surface area contributed by atoms with Crippen molar-refractivity contribution in [3.05, 3.63) is 23.8 Å². The number of methoxy groups -OCH3 is 2. The van der Waals surface area contributed by atoms with E-state index < -0.39 is 0 Å². The van der Waals surface area contributed by atoms with Crippen LogP contribution in [0.5, 0.6) is 11.5 Å². The van der Waals surface area contributed by atoms with Crippen LogP contribution in [0.2, 0.25) is 0 Å². The van der Waals surface area contributed by atoms with Crippen LogP contribution >= 0.6 is 12.4 Å². The maximum Gasteiger partial charge on any atom is 0.161 e. The molecule has 18 heavy (non-hydrogen) atoms. The average Bonchev–Trinajstić information content (AvgIpc) is 2.38. The summed E-state index contributed by atoms with van der Waals surface area (Å²) in [6, 6.07) is 5.83. The number of halogens is 1. The Morgan fingerprint density at radius 1 is 1.11 bits per heavy atom. The van der Waals surface area contributed by atoms with Gasteiger partial charge in [-0.15, -0.1) is 12.4 Å². The maximum absolute atomic E-state index is 6.11. The minimum Gasteiger partial charge on any atom is -0.493 e. The zero-order valence-corrected chi connectivity index (χ0v) is 11.8. The molecule has 0 saturated heterocycles. The fraction of sp³-hybridized carbons (Fsp3) is 0.538. The summed E-state index contributed by atoms with van der Waals surface area (Å²) in [6.45, 7) is 0.721. The molecule has 0 spiro atoms. The van der Waals surface area contributed by atoms with Crippen molar-refractivity contribution in [3.63, 3.8) is 0 Å². The van der Waals surface area contributed by atoms with Crippen LogP contribution in [0.15, 0.2) is 18.2 Å². The van der Waals surface area contributed by atoms with Crippen molar-refractivity contribution in [2.75, 3.05) is 20.8 Å². The number of benzene rings is 1. The Morgan fingerprint density at radius 2 is 1.78 bits per heavy atom. The molecule has 0 heterocycles. The standard InChI is InChI=1S/C13H22N2O2.ClH/c1-16-12-7-6-10(9-13(12)17-2)11(15)5-3-4-8-14;/h6-7,9,11H,3-5,8,14-15H2,1-2H3;1H/t11-;/m0./s1. The SMILES string of the molecule is COc1ccc([C@@H](N)CCCCN)cc1OC.Cl. The van der Waals surface area contributed by atoms with Gasteiger partial charge in [-0.25, -0.2) is 0 Å². The normalized spacial score (nSPS) is 11.6. The van der Waals surface area contributed by atoms with Gasteiger partial charge in [0, 0.05) is 6.04 Å². The smallest absolute Gasteiger partial charge is 0.161 e. The number of hydrogen-bond acceptors (Lipinski definition) is 4. The van der Waals surface area contributed by atoms with Crippen LogP contribution in [0.4, 0.5) is 0 Å². The third-order valence-electron chi connectivity index (χ3n) is 2.81. The predicted molar refractivity (Wildman–Crippen MR) is 76.6 cm³/mol. The Morgan fingerprint density at radius 3 is 2.33 bits per heavy atom. The molecule has 0 unspecified atom stereocenters. The predicted octanol–water partition coefficient (Wildman–Crippen LogP) is 2.25. The van der Waals surface area contributed by atoms with Gasteiger partial charge in [0.1, 0.15) is 0 Å². The molecule has 104 valence electrons. The summed E-state index contributed by atoms with van der Waals surface area (Å²) in [5.41, 5.74) is 12.6. The summed E-state index contributed by atoms with van der Waals surface area (Å²) in [7, 11) is 3.25. The Kier molecular flexibility index (Phi) is 8.54. The Hall–Kier alpha value is -0.970. The molecule has 5 heteroatoms. The highest BCUT2D eigenvalue weighted by molar-refractivity contribution is 5.85. The molecule has 0 radical (unpaired) electrons. The first-order valence-electron chi connectivity index (χ1n) is 5.90. The first-order chi connectivity index (χ1) is 8.22. The van der Waals surface area contributed by atoms with E-state index in [1.54, 1.807) is 14.2 Å². The molecule has 0 saturated carbocycles. The fourth-order valence-corrected chi connectivity index (χ4v) is 1.76. The Labute approximate surface area is 115 Å². The molecular weight excluding hydrogens is 252 g/mol. The molecule has 0 bridgehead atoms. The van der Waals surface area contributed by atoms with E-state index in [0.717, 1.165) is 42.9 Å². The van der Waals surface area contributed by atoms with Crippen molar-refractivity contribution in [1.29, 1.82) is 0 Å². The van der Waals surface area contributed by atoms with Gasteiger partial charge in [-0.3, -0.25) is 0 Å². The zero-order chi connectivity index (χ0) is 12.7. The number of hydrogen-bond donors (Lipinski definition) is 2. The lowest BCUT2D eigenvalue weighted by atomic mass is 10.0. The van der Waals surface area contributed by atoms with Crippen LogP contribution in [0.1, 0.15) is 30.9 Å². The summed E-state index contributed by atoms with van der Waals surface area (Å²) < 4.78 is 10.4. The van der Waals surface area contributed by atoms with Crippen molar-refractivity contribution >= 4 is 12.4 Å². The van der Waals surface area contributed by atoms with Gasteiger partial charge < -0.3 is 20.9 Å². The quantitative estimate of drug-likeness (QED) is 0.748. The summed E-state index contributed by atoms with van der Waals surface area (Å²) in [4.78, 5) is 0. The molecule has 1 aromatic carbocycles. The molecular formula is C13H23ClN2O2. The van der Waals surface area contributed by atoms with Gasteiger partial charge >= 0.3 is 0 Å². The second-order valence-corrected chi connectivity index (χ2v) is 4.01. The highest BCUT2D eigenvalue weighted by Gasteiger charge is 2.10. The monoisotopic (exact) mass is 274 g/mol. The molecule has 1 rings (SSSR count). The number of unbranched alkanes of at least 4 members (excludes halogenated alkanes) is 1. The molecule has 1 atom stereocenters. The van der Waals surface area contributed by atoms with E-state index in [1.165, 1.54) is 0 Å². The average molecular weight is 275 g/mol. The van der Waals surface area contributed by atoms with Crippen LogP contribution in [-0.2, 0) is 0 Å². The van der Waals surface area contributed by atoms with E-state index in [1.807, 2.05) is 18.2 Å². The molecule has 4 N–H and O–H groups in total. The molecule has 0 aliphatic carbocycles. The summed E-state index contributed by atoms with van der Waals surface area (Å²) in [5, 5.41) is 0. The van der Waals surface area contributed by atoms with Gasteiger partial charge in [0.25, 0.3) is 0 Å². The van der Waals surface area contributed by atoms with Crippen LogP contribution < -0.4 is 20.9 Å². The van der Waals surface area contributed by atoms with Gasteiger partial charge in [-0.1, -0.05) is 12.5 Å². The lowest BCUT2D eigenvalue weighted by molar-refractivity contribution is 0.354. The number of nitrogens with two attached hydrogens (primary N) is 2. The van der Waals surface area contributed by atoms with Gasteiger partial charge in [-0.05, 0) is 37.1 Å². The summed E-state index contributed by atoms with van der Waals surface area (Å²) >= 11 is 0. The molecule has 0 aliphatic heterocycles. The second kappa shape index (κ2) is 9.03. The Bertz CT molecular complexity index is 348. The topological polar surface area (TPSA) is 70.5 Å². The third kappa shape index (κ3) is 4.72. The fourth-order valence-electron chi connectivity index (χ4n) is 1.76. The van der Waals surface area contributed by atoms with E-state index >= 15 is 0 Å². The minimum absolute atomic E-state index is 0. The van der Waals surface area contributed by atoms with Crippen molar-refractivity contribution in [1.82, 2.24) is 0 Å². The molecule has 0 aromatic heterocycles. The first-order valence-corrected chi connectivity index (χ1v) is 5.90.